The first-order chi connectivity index (χ1) is 22.2. The van der Waals surface area contributed by atoms with Crippen molar-refractivity contribution in [3.63, 3.8) is 0 Å². The van der Waals surface area contributed by atoms with Crippen molar-refractivity contribution < 1.29 is 32.2 Å². The van der Waals surface area contributed by atoms with Crippen LogP contribution in [0.4, 0.5) is 11.4 Å². The lowest BCUT2D eigenvalue weighted by atomic mass is 10.1. The molecule has 1 aliphatic rings. The van der Waals surface area contributed by atoms with Crippen LogP contribution in [0, 0.1) is 6.92 Å². The number of rotatable bonds is 12. The molecule has 0 fully saturated rings. The molecule has 0 radical (unpaired) electrons. The van der Waals surface area contributed by atoms with E-state index in [0.29, 0.717) is 42.3 Å². The maximum atomic E-state index is 14.3. The van der Waals surface area contributed by atoms with Gasteiger partial charge in [0, 0.05) is 6.54 Å². The van der Waals surface area contributed by atoms with Gasteiger partial charge in [0.2, 0.25) is 5.91 Å². The van der Waals surface area contributed by atoms with Crippen molar-refractivity contribution in [1.82, 2.24) is 5.32 Å². The fourth-order valence-electron chi connectivity index (χ4n) is 5.20. The van der Waals surface area contributed by atoms with E-state index < -0.39 is 28.6 Å². The fraction of sp³-hybridized carbons (Fsp3) is 0.257. The smallest absolute Gasteiger partial charge is 0.268 e. The standard InChI is InChI=1S/C35H37N3O7S/c1-4-44-28-17-15-27(16-18-28)38(46(41,42)33-22-25(2)14-19-31(33)43-3)24-34(39)37-23-32(45-30-13-9-8-12-29(30)37)35(40)36-21-20-26-10-6-5-7-11-26/h5-19,22,32H,4,20-21,23-24H2,1-3H3,(H,36,40). The normalized spacial score (nSPS) is 14.1. The maximum absolute atomic E-state index is 14.3. The monoisotopic (exact) mass is 643 g/mol. The topological polar surface area (TPSA) is 114 Å². The third-order valence-electron chi connectivity index (χ3n) is 7.52. The van der Waals surface area contributed by atoms with Gasteiger partial charge in [0.1, 0.15) is 28.7 Å². The third-order valence-corrected chi connectivity index (χ3v) is 9.32. The van der Waals surface area contributed by atoms with E-state index in [-0.39, 0.29) is 28.8 Å². The molecule has 1 atom stereocenters. The number of aryl methyl sites for hydroxylation is 1. The van der Waals surface area contributed by atoms with Crippen molar-refractivity contribution in [2.24, 2.45) is 0 Å². The summed E-state index contributed by atoms with van der Waals surface area (Å²) in [6, 6.07) is 28.0. The number of hydrogen-bond donors (Lipinski definition) is 1. The Kier molecular flexibility index (Phi) is 10.1. The zero-order chi connectivity index (χ0) is 32.7. The second-order valence-electron chi connectivity index (χ2n) is 10.7. The molecule has 10 nitrogen and oxygen atoms in total. The predicted molar refractivity (Wildman–Crippen MR) is 176 cm³/mol. The Morgan fingerprint density at radius 1 is 0.978 bits per heavy atom. The highest BCUT2D eigenvalue weighted by molar-refractivity contribution is 7.93. The third kappa shape index (κ3) is 7.26. The van der Waals surface area contributed by atoms with Gasteiger partial charge >= 0.3 is 0 Å². The molecule has 0 spiro atoms. The van der Waals surface area contributed by atoms with Crippen molar-refractivity contribution in [1.29, 1.82) is 0 Å². The van der Waals surface area contributed by atoms with Crippen LogP contribution in [-0.2, 0) is 26.0 Å². The van der Waals surface area contributed by atoms with Crippen LogP contribution in [0.1, 0.15) is 18.1 Å². The number of sulfonamides is 1. The van der Waals surface area contributed by atoms with Crippen LogP contribution in [-0.4, -0.2) is 59.7 Å². The molecule has 0 bridgehead atoms. The summed E-state index contributed by atoms with van der Waals surface area (Å²) in [5.74, 6) is 0.149. The number of hydrogen-bond acceptors (Lipinski definition) is 7. The number of nitrogens with one attached hydrogen (secondary N) is 1. The van der Waals surface area contributed by atoms with Gasteiger partial charge in [-0.2, -0.15) is 0 Å². The number of amides is 2. The van der Waals surface area contributed by atoms with E-state index in [2.05, 4.69) is 5.32 Å². The van der Waals surface area contributed by atoms with E-state index in [9.17, 15) is 18.0 Å². The van der Waals surface area contributed by atoms with E-state index in [0.717, 1.165) is 9.87 Å². The molecule has 11 heteroatoms. The minimum atomic E-state index is -4.31. The van der Waals surface area contributed by atoms with Gasteiger partial charge in [-0.15, -0.1) is 0 Å². The van der Waals surface area contributed by atoms with E-state index in [4.69, 9.17) is 14.2 Å². The van der Waals surface area contributed by atoms with Gasteiger partial charge < -0.3 is 24.4 Å². The molecule has 0 saturated heterocycles. The average molecular weight is 644 g/mol. The quantitative estimate of drug-likeness (QED) is 0.237. The van der Waals surface area contributed by atoms with Gasteiger partial charge in [-0.05, 0) is 79.9 Å². The first-order valence-corrected chi connectivity index (χ1v) is 16.4. The minimum Gasteiger partial charge on any atom is -0.495 e. The number of anilines is 2. The Hall–Kier alpha value is -5.03. The molecule has 5 rings (SSSR count). The molecule has 0 aromatic heterocycles. The van der Waals surface area contributed by atoms with Crippen LogP contribution >= 0.6 is 0 Å². The molecule has 0 aliphatic carbocycles. The second-order valence-corrected chi connectivity index (χ2v) is 12.5. The van der Waals surface area contributed by atoms with Crippen LogP contribution in [0.25, 0.3) is 0 Å². The van der Waals surface area contributed by atoms with Crippen molar-refractivity contribution >= 4 is 33.2 Å². The zero-order valence-corrected chi connectivity index (χ0v) is 26.8. The molecule has 240 valence electrons. The van der Waals surface area contributed by atoms with Gasteiger partial charge in [0.25, 0.3) is 15.9 Å². The van der Waals surface area contributed by atoms with Gasteiger partial charge in [-0.3, -0.25) is 13.9 Å². The number of fused-ring (bicyclic) bond motifs is 1. The summed E-state index contributed by atoms with van der Waals surface area (Å²) in [7, 11) is -2.92. The van der Waals surface area contributed by atoms with E-state index in [1.165, 1.54) is 18.1 Å². The van der Waals surface area contributed by atoms with Crippen molar-refractivity contribution in [3.8, 4) is 17.2 Å². The summed E-state index contributed by atoms with van der Waals surface area (Å²) >= 11 is 0. The molecule has 0 saturated carbocycles. The van der Waals surface area contributed by atoms with Crippen molar-refractivity contribution in [2.75, 3.05) is 42.6 Å². The molecular formula is C35H37N3O7S. The van der Waals surface area contributed by atoms with Crippen LogP contribution in [0.2, 0.25) is 0 Å². The first kappa shape index (κ1) is 32.4. The molecule has 1 unspecified atom stereocenters. The Morgan fingerprint density at radius 2 is 1.70 bits per heavy atom. The molecule has 1 aliphatic heterocycles. The number of benzene rings is 4. The first-order valence-electron chi connectivity index (χ1n) is 15.0. The lowest BCUT2D eigenvalue weighted by molar-refractivity contribution is -0.128. The second kappa shape index (κ2) is 14.4. The van der Waals surface area contributed by atoms with Crippen LogP contribution in [0.3, 0.4) is 0 Å². The Bertz CT molecular complexity index is 1780. The lowest BCUT2D eigenvalue weighted by Crippen LogP contribution is -2.53. The Morgan fingerprint density at radius 3 is 2.41 bits per heavy atom. The summed E-state index contributed by atoms with van der Waals surface area (Å²) in [6.45, 7) is 3.81. The van der Waals surface area contributed by atoms with Gasteiger partial charge in [0.05, 0.1) is 31.6 Å². The van der Waals surface area contributed by atoms with Crippen molar-refractivity contribution in [2.45, 2.75) is 31.3 Å². The number of carbonyl (C=O) groups excluding carboxylic acids is 2. The summed E-state index contributed by atoms with van der Waals surface area (Å²) < 4.78 is 46.6. The van der Waals surface area contributed by atoms with E-state index >= 15 is 0 Å². The minimum absolute atomic E-state index is 0.0743. The summed E-state index contributed by atoms with van der Waals surface area (Å²) in [5.41, 5.74) is 2.49. The number of nitrogens with zero attached hydrogens (tertiary/aromatic N) is 2. The largest absolute Gasteiger partial charge is 0.495 e. The Balaban J connectivity index is 1.44. The summed E-state index contributed by atoms with van der Waals surface area (Å²) in [6.07, 6.45) is -0.363. The van der Waals surface area contributed by atoms with Crippen LogP contribution < -0.4 is 28.7 Å². The highest BCUT2D eigenvalue weighted by atomic mass is 32.2. The molecule has 46 heavy (non-hydrogen) atoms. The number of para-hydroxylation sites is 2. The van der Waals surface area contributed by atoms with Crippen LogP contribution in [0.5, 0.6) is 17.2 Å². The van der Waals surface area contributed by atoms with E-state index in [1.54, 1.807) is 67.6 Å². The number of methoxy groups -OCH3 is 1. The number of ether oxygens (including phenoxy) is 3. The van der Waals surface area contributed by atoms with Gasteiger partial charge in [-0.1, -0.05) is 48.5 Å². The van der Waals surface area contributed by atoms with Crippen molar-refractivity contribution in [3.05, 3.63) is 108 Å². The highest BCUT2D eigenvalue weighted by Crippen LogP contribution is 2.35. The van der Waals surface area contributed by atoms with E-state index in [1.807, 2.05) is 37.3 Å². The van der Waals surface area contributed by atoms with Gasteiger partial charge in [-0.25, -0.2) is 8.42 Å². The van der Waals surface area contributed by atoms with Crippen LogP contribution in [0.15, 0.2) is 102 Å². The molecule has 1 heterocycles. The maximum Gasteiger partial charge on any atom is 0.268 e. The molecule has 4 aromatic rings. The highest BCUT2D eigenvalue weighted by Gasteiger charge is 2.37. The average Bonchev–Trinajstić information content (AvgIpc) is 3.07. The summed E-state index contributed by atoms with van der Waals surface area (Å²) in [5, 5.41) is 2.90. The van der Waals surface area contributed by atoms with Gasteiger partial charge in [0.15, 0.2) is 6.10 Å². The zero-order valence-electron chi connectivity index (χ0n) is 26.0. The molecule has 2 amide bonds. The fourth-order valence-corrected chi connectivity index (χ4v) is 6.86. The summed E-state index contributed by atoms with van der Waals surface area (Å²) in [4.78, 5) is 28.7. The Labute approximate surface area is 269 Å². The molecular weight excluding hydrogens is 606 g/mol. The predicted octanol–water partition coefficient (Wildman–Crippen LogP) is 4.75. The number of carbonyl (C=O) groups is 2. The molecule has 4 aromatic carbocycles. The lowest BCUT2D eigenvalue weighted by Gasteiger charge is -2.35. The SMILES string of the molecule is CCOc1ccc(N(CC(=O)N2CC(C(=O)NCCc3ccccc3)Oc3ccccc32)S(=O)(=O)c2cc(C)ccc2OC)cc1. The molecule has 1 N–H and O–H groups in total.